The number of hydrogen-bond donors (Lipinski definition) is 2. The Bertz CT molecular complexity index is 899. The second-order valence-corrected chi connectivity index (χ2v) is 5.66. The van der Waals surface area contributed by atoms with Gasteiger partial charge in [-0.15, -0.1) is 10.2 Å². The number of rotatable bonds is 7. The fourth-order valence-corrected chi connectivity index (χ4v) is 2.51. The van der Waals surface area contributed by atoms with E-state index in [4.69, 9.17) is 25.8 Å². The van der Waals surface area contributed by atoms with Gasteiger partial charge in [0, 0.05) is 23.5 Å². The van der Waals surface area contributed by atoms with Crippen molar-refractivity contribution < 1.29 is 14.2 Å². The predicted molar refractivity (Wildman–Crippen MR) is 104 cm³/mol. The van der Waals surface area contributed by atoms with Crippen molar-refractivity contribution in [2.45, 2.75) is 0 Å². The summed E-state index contributed by atoms with van der Waals surface area (Å²) >= 11 is 6.14. The second kappa shape index (κ2) is 8.41. The molecule has 2 aromatic carbocycles. The van der Waals surface area contributed by atoms with Crippen LogP contribution in [-0.4, -0.2) is 36.5 Å². The van der Waals surface area contributed by atoms with Gasteiger partial charge in [0.1, 0.15) is 0 Å². The SMILES string of the molecule is COc1cc(Nc2nc(Nc3ccccc3)nnc2Cl)cc(OC)c1OC. The summed E-state index contributed by atoms with van der Waals surface area (Å²) in [5, 5.41) is 14.2. The molecule has 1 heterocycles. The van der Waals surface area contributed by atoms with E-state index >= 15 is 0 Å². The van der Waals surface area contributed by atoms with Gasteiger partial charge in [-0.05, 0) is 12.1 Å². The van der Waals surface area contributed by atoms with Gasteiger partial charge in [-0.3, -0.25) is 0 Å². The number of nitrogens with one attached hydrogen (secondary N) is 2. The number of nitrogens with zero attached hydrogens (tertiary/aromatic N) is 3. The lowest BCUT2D eigenvalue weighted by Gasteiger charge is -2.15. The first-order chi connectivity index (χ1) is 13.1. The molecule has 140 valence electrons. The molecule has 0 aliphatic carbocycles. The lowest BCUT2D eigenvalue weighted by molar-refractivity contribution is 0.324. The van der Waals surface area contributed by atoms with Crippen LogP contribution in [0.3, 0.4) is 0 Å². The van der Waals surface area contributed by atoms with Crippen LogP contribution in [0.25, 0.3) is 0 Å². The first-order valence-electron chi connectivity index (χ1n) is 7.94. The van der Waals surface area contributed by atoms with E-state index in [1.807, 2.05) is 30.3 Å². The van der Waals surface area contributed by atoms with Crippen LogP contribution in [0.1, 0.15) is 0 Å². The van der Waals surface area contributed by atoms with E-state index < -0.39 is 0 Å². The van der Waals surface area contributed by atoms with Crippen molar-refractivity contribution in [1.29, 1.82) is 0 Å². The number of anilines is 4. The maximum Gasteiger partial charge on any atom is 0.249 e. The van der Waals surface area contributed by atoms with E-state index in [1.54, 1.807) is 33.5 Å². The van der Waals surface area contributed by atoms with Gasteiger partial charge >= 0.3 is 0 Å². The smallest absolute Gasteiger partial charge is 0.249 e. The van der Waals surface area contributed by atoms with Gasteiger partial charge in [-0.1, -0.05) is 29.8 Å². The van der Waals surface area contributed by atoms with Gasteiger partial charge in [0.15, 0.2) is 22.5 Å². The van der Waals surface area contributed by atoms with E-state index in [0.29, 0.717) is 34.7 Å². The van der Waals surface area contributed by atoms with Crippen molar-refractivity contribution in [3.8, 4) is 17.2 Å². The number of hydrogen-bond acceptors (Lipinski definition) is 8. The summed E-state index contributed by atoms with van der Waals surface area (Å²) in [6.45, 7) is 0. The molecule has 0 saturated carbocycles. The Kier molecular flexibility index (Phi) is 5.77. The standard InChI is InChI=1S/C18H18ClN5O3/c1-25-13-9-12(10-14(26-2)15(13)27-3)20-17-16(19)23-24-18(22-17)21-11-7-5-4-6-8-11/h4-10H,1-3H3,(H2,20,21,22,24). The summed E-state index contributed by atoms with van der Waals surface area (Å²) in [5.41, 5.74) is 1.47. The Morgan fingerprint density at radius 1 is 0.815 bits per heavy atom. The number of aromatic nitrogens is 3. The van der Waals surface area contributed by atoms with Crippen LogP contribution >= 0.6 is 11.6 Å². The minimum absolute atomic E-state index is 0.127. The molecule has 0 fully saturated rings. The molecule has 0 saturated heterocycles. The molecule has 8 nitrogen and oxygen atoms in total. The molecule has 2 N–H and O–H groups in total. The van der Waals surface area contributed by atoms with Crippen LogP contribution in [0.4, 0.5) is 23.1 Å². The quantitative estimate of drug-likeness (QED) is 0.627. The second-order valence-electron chi connectivity index (χ2n) is 5.30. The largest absolute Gasteiger partial charge is 0.493 e. The molecule has 1 aromatic heterocycles. The molecule has 0 bridgehead atoms. The molecule has 0 radical (unpaired) electrons. The molecular formula is C18H18ClN5O3. The molecule has 0 atom stereocenters. The Labute approximate surface area is 161 Å². The molecular weight excluding hydrogens is 370 g/mol. The number of methoxy groups -OCH3 is 3. The zero-order chi connectivity index (χ0) is 19.2. The molecule has 0 unspecified atom stereocenters. The molecule has 3 aromatic rings. The van der Waals surface area contributed by atoms with Crippen LogP contribution in [0.5, 0.6) is 17.2 Å². The van der Waals surface area contributed by atoms with Crippen LogP contribution in [-0.2, 0) is 0 Å². The van der Waals surface area contributed by atoms with Crippen molar-refractivity contribution in [2.75, 3.05) is 32.0 Å². The van der Waals surface area contributed by atoms with E-state index in [2.05, 4.69) is 25.8 Å². The van der Waals surface area contributed by atoms with Crippen LogP contribution < -0.4 is 24.8 Å². The summed E-state index contributed by atoms with van der Waals surface area (Å²) in [7, 11) is 4.63. The molecule has 27 heavy (non-hydrogen) atoms. The molecule has 9 heteroatoms. The van der Waals surface area contributed by atoms with E-state index in [-0.39, 0.29) is 5.15 Å². The fourth-order valence-electron chi connectivity index (χ4n) is 2.39. The highest BCUT2D eigenvalue weighted by Crippen LogP contribution is 2.40. The van der Waals surface area contributed by atoms with Gasteiger partial charge in [0.25, 0.3) is 0 Å². The molecule has 3 rings (SSSR count). The molecule has 0 amide bonds. The number of para-hydroxylation sites is 1. The van der Waals surface area contributed by atoms with E-state index in [0.717, 1.165) is 5.69 Å². The predicted octanol–water partition coefficient (Wildman–Crippen LogP) is 4.04. The van der Waals surface area contributed by atoms with Crippen LogP contribution in [0.15, 0.2) is 42.5 Å². The maximum atomic E-state index is 6.14. The Balaban J connectivity index is 1.90. The van der Waals surface area contributed by atoms with Crippen molar-refractivity contribution >= 4 is 34.7 Å². The summed E-state index contributed by atoms with van der Waals surface area (Å²) in [6.07, 6.45) is 0. The first-order valence-corrected chi connectivity index (χ1v) is 8.31. The van der Waals surface area contributed by atoms with Crippen LogP contribution in [0.2, 0.25) is 5.15 Å². The fraction of sp³-hybridized carbons (Fsp3) is 0.167. The van der Waals surface area contributed by atoms with Gasteiger partial charge in [-0.2, -0.15) is 4.98 Å². The van der Waals surface area contributed by atoms with E-state index in [9.17, 15) is 0 Å². The first kappa shape index (κ1) is 18.5. The monoisotopic (exact) mass is 387 g/mol. The zero-order valence-electron chi connectivity index (χ0n) is 15.0. The minimum atomic E-state index is 0.127. The zero-order valence-corrected chi connectivity index (χ0v) is 15.7. The highest BCUT2D eigenvalue weighted by molar-refractivity contribution is 6.31. The topological polar surface area (TPSA) is 90.4 Å². The summed E-state index contributed by atoms with van der Waals surface area (Å²) in [4.78, 5) is 4.38. The van der Waals surface area contributed by atoms with Gasteiger partial charge < -0.3 is 24.8 Å². The highest BCUT2D eigenvalue weighted by atomic mass is 35.5. The number of benzene rings is 2. The minimum Gasteiger partial charge on any atom is -0.493 e. The lowest BCUT2D eigenvalue weighted by atomic mass is 10.2. The summed E-state index contributed by atoms with van der Waals surface area (Å²) in [5.74, 6) is 2.13. The molecule has 0 aliphatic rings. The van der Waals surface area contributed by atoms with Gasteiger partial charge in [0.2, 0.25) is 11.7 Å². The third-order valence-corrected chi connectivity index (χ3v) is 3.86. The number of halogens is 1. The molecule has 0 spiro atoms. The highest BCUT2D eigenvalue weighted by Gasteiger charge is 2.15. The summed E-state index contributed by atoms with van der Waals surface area (Å²) < 4.78 is 16.0. The Hall–Kier alpha value is -3.26. The third kappa shape index (κ3) is 4.29. The van der Waals surface area contributed by atoms with Gasteiger partial charge in [0.05, 0.1) is 21.3 Å². The van der Waals surface area contributed by atoms with Crippen LogP contribution in [0, 0.1) is 0 Å². The Morgan fingerprint density at radius 2 is 1.48 bits per heavy atom. The third-order valence-electron chi connectivity index (χ3n) is 3.60. The molecule has 0 aliphatic heterocycles. The van der Waals surface area contributed by atoms with Crippen molar-refractivity contribution in [2.24, 2.45) is 0 Å². The van der Waals surface area contributed by atoms with Crippen molar-refractivity contribution in [3.63, 3.8) is 0 Å². The maximum absolute atomic E-state index is 6.14. The van der Waals surface area contributed by atoms with Crippen molar-refractivity contribution in [3.05, 3.63) is 47.6 Å². The van der Waals surface area contributed by atoms with Crippen molar-refractivity contribution in [1.82, 2.24) is 15.2 Å². The summed E-state index contributed by atoms with van der Waals surface area (Å²) in [6, 6.07) is 13.0. The average molecular weight is 388 g/mol. The average Bonchev–Trinajstić information content (AvgIpc) is 2.70. The normalized spacial score (nSPS) is 10.2. The van der Waals surface area contributed by atoms with Gasteiger partial charge in [-0.25, -0.2) is 0 Å². The lowest BCUT2D eigenvalue weighted by Crippen LogP contribution is -2.04. The van der Waals surface area contributed by atoms with E-state index in [1.165, 1.54) is 0 Å². The Morgan fingerprint density at radius 3 is 2.07 bits per heavy atom. The number of ether oxygens (including phenoxy) is 3.